The van der Waals surface area contributed by atoms with Crippen molar-refractivity contribution in [2.45, 2.75) is 59.2 Å². The summed E-state index contributed by atoms with van der Waals surface area (Å²) in [5, 5.41) is 10.3. The third-order valence-corrected chi connectivity index (χ3v) is 5.31. The van der Waals surface area contributed by atoms with E-state index < -0.39 is 0 Å². The van der Waals surface area contributed by atoms with Crippen LogP contribution in [0, 0.1) is 17.3 Å². The summed E-state index contributed by atoms with van der Waals surface area (Å²) in [7, 11) is 0. The van der Waals surface area contributed by atoms with Gasteiger partial charge in [0, 0.05) is 12.8 Å². The highest BCUT2D eigenvalue weighted by Crippen LogP contribution is 2.58. The molecule has 3 heteroatoms. The molecule has 1 fully saturated rings. The first kappa shape index (κ1) is 15.3. The van der Waals surface area contributed by atoms with Gasteiger partial charge >= 0.3 is 5.97 Å². The first-order chi connectivity index (χ1) is 9.28. The molecule has 20 heavy (non-hydrogen) atoms. The molecule has 0 unspecified atom stereocenters. The topological polar surface area (TPSA) is 46.5 Å². The van der Waals surface area contributed by atoms with E-state index in [1.807, 2.05) is 13.8 Å². The van der Waals surface area contributed by atoms with Crippen LogP contribution in [-0.2, 0) is 9.53 Å². The Kier molecular flexibility index (Phi) is 4.10. The molecule has 2 aliphatic carbocycles. The maximum atomic E-state index is 11.3. The van der Waals surface area contributed by atoms with E-state index in [-0.39, 0.29) is 29.5 Å². The van der Waals surface area contributed by atoms with Crippen molar-refractivity contribution in [3.8, 4) is 0 Å². The first-order valence-corrected chi connectivity index (χ1v) is 7.45. The van der Waals surface area contributed by atoms with Crippen LogP contribution >= 0.6 is 0 Å². The van der Waals surface area contributed by atoms with Gasteiger partial charge < -0.3 is 9.84 Å². The molecular formula is C17H26O3. The molecule has 2 aliphatic rings. The number of carbonyl (C=O) groups excluding carboxylic acids is 1. The number of carbonyl (C=O) groups is 1. The Morgan fingerprint density at radius 1 is 1.50 bits per heavy atom. The van der Waals surface area contributed by atoms with E-state index in [9.17, 15) is 9.90 Å². The molecule has 1 spiro atoms. The molecule has 1 saturated carbocycles. The van der Waals surface area contributed by atoms with Crippen molar-refractivity contribution in [1.82, 2.24) is 0 Å². The zero-order valence-corrected chi connectivity index (χ0v) is 13.0. The van der Waals surface area contributed by atoms with Gasteiger partial charge in [-0.25, -0.2) is 0 Å². The highest BCUT2D eigenvalue weighted by atomic mass is 16.5. The molecule has 112 valence electrons. The van der Waals surface area contributed by atoms with E-state index in [0.717, 1.165) is 30.4 Å². The lowest BCUT2D eigenvalue weighted by atomic mass is 9.62. The predicted molar refractivity (Wildman–Crippen MR) is 79.1 cm³/mol. The summed E-state index contributed by atoms with van der Waals surface area (Å²) >= 11 is 0. The fraction of sp³-hybridized carbons (Fsp3) is 0.706. The highest BCUT2D eigenvalue weighted by molar-refractivity contribution is 5.66. The smallest absolute Gasteiger partial charge is 0.302 e. The number of hydrogen-bond acceptors (Lipinski definition) is 3. The van der Waals surface area contributed by atoms with Crippen molar-refractivity contribution < 1.29 is 14.6 Å². The van der Waals surface area contributed by atoms with Crippen LogP contribution in [0.5, 0.6) is 0 Å². The molecule has 1 N–H and O–H groups in total. The highest BCUT2D eigenvalue weighted by Gasteiger charge is 2.55. The van der Waals surface area contributed by atoms with Gasteiger partial charge in [-0.2, -0.15) is 0 Å². The van der Waals surface area contributed by atoms with Crippen LogP contribution in [0.2, 0.25) is 0 Å². The van der Waals surface area contributed by atoms with Gasteiger partial charge in [-0.05, 0) is 50.0 Å². The van der Waals surface area contributed by atoms with Crippen molar-refractivity contribution in [2.75, 3.05) is 0 Å². The van der Waals surface area contributed by atoms with Crippen LogP contribution in [0.15, 0.2) is 23.8 Å². The van der Waals surface area contributed by atoms with Gasteiger partial charge in [0.05, 0.1) is 6.10 Å². The average Bonchev–Trinajstić information content (AvgIpc) is 2.56. The normalized spacial score (nSPS) is 40.5. The van der Waals surface area contributed by atoms with E-state index in [2.05, 4.69) is 19.6 Å². The van der Waals surface area contributed by atoms with Crippen LogP contribution in [0.25, 0.3) is 0 Å². The SMILES string of the molecule is C=C(C)[C@H]1[C@H](OC(C)=O)C[C@H](C)[C@@]12CC=C(C)[C@@H](O)C2. The lowest BCUT2D eigenvalue weighted by Crippen LogP contribution is -2.40. The maximum Gasteiger partial charge on any atom is 0.302 e. The van der Waals surface area contributed by atoms with Crippen LogP contribution in [0.1, 0.15) is 47.0 Å². The summed E-state index contributed by atoms with van der Waals surface area (Å²) in [4.78, 5) is 11.3. The Morgan fingerprint density at radius 2 is 2.15 bits per heavy atom. The number of rotatable bonds is 2. The molecule has 0 aromatic carbocycles. The molecule has 5 atom stereocenters. The fourth-order valence-corrected chi connectivity index (χ4v) is 4.28. The van der Waals surface area contributed by atoms with E-state index in [1.165, 1.54) is 6.92 Å². The summed E-state index contributed by atoms with van der Waals surface area (Å²) in [5.41, 5.74) is 2.09. The van der Waals surface area contributed by atoms with Crippen molar-refractivity contribution in [1.29, 1.82) is 0 Å². The molecule has 3 nitrogen and oxygen atoms in total. The Bertz CT molecular complexity index is 451. The van der Waals surface area contributed by atoms with Crippen molar-refractivity contribution in [3.05, 3.63) is 23.8 Å². The van der Waals surface area contributed by atoms with Gasteiger partial charge in [0.15, 0.2) is 0 Å². The van der Waals surface area contributed by atoms with E-state index >= 15 is 0 Å². The second-order valence-corrected chi connectivity index (χ2v) is 6.71. The van der Waals surface area contributed by atoms with Crippen LogP contribution in [0.3, 0.4) is 0 Å². The quantitative estimate of drug-likeness (QED) is 0.623. The van der Waals surface area contributed by atoms with Gasteiger partial charge in [0.1, 0.15) is 6.10 Å². The van der Waals surface area contributed by atoms with Gasteiger partial charge in [-0.15, -0.1) is 0 Å². The molecular weight excluding hydrogens is 252 g/mol. The van der Waals surface area contributed by atoms with Gasteiger partial charge in [0.25, 0.3) is 0 Å². The van der Waals surface area contributed by atoms with Crippen molar-refractivity contribution in [3.63, 3.8) is 0 Å². The number of allylic oxidation sites excluding steroid dienone is 1. The summed E-state index contributed by atoms with van der Waals surface area (Å²) in [6, 6.07) is 0. The predicted octanol–water partition coefficient (Wildman–Crippen LogP) is 3.24. The molecule has 2 rings (SSSR count). The molecule has 0 aliphatic heterocycles. The second-order valence-electron chi connectivity index (χ2n) is 6.71. The first-order valence-electron chi connectivity index (χ1n) is 7.45. The summed E-state index contributed by atoms with van der Waals surface area (Å²) in [6.45, 7) is 11.8. The lowest BCUT2D eigenvalue weighted by Gasteiger charge is -2.44. The van der Waals surface area contributed by atoms with Crippen LogP contribution < -0.4 is 0 Å². The fourth-order valence-electron chi connectivity index (χ4n) is 4.28. The number of hydrogen-bond donors (Lipinski definition) is 1. The number of aliphatic hydroxyl groups excluding tert-OH is 1. The molecule has 0 bridgehead atoms. The van der Waals surface area contributed by atoms with Crippen molar-refractivity contribution >= 4 is 5.97 Å². The van der Waals surface area contributed by atoms with Gasteiger partial charge in [0.2, 0.25) is 0 Å². The van der Waals surface area contributed by atoms with Gasteiger partial charge in [-0.1, -0.05) is 25.2 Å². The molecule has 0 amide bonds. The molecule has 0 saturated heterocycles. The molecule has 0 radical (unpaired) electrons. The zero-order chi connectivity index (χ0) is 15.1. The largest absolute Gasteiger partial charge is 0.462 e. The molecule has 0 heterocycles. The van der Waals surface area contributed by atoms with Gasteiger partial charge in [-0.3, -0.25) is 4.79 Å². The Hall–Kier alpha value is -1.09. The van der Waals surface area contributed by atoms with Crippen LogP contribution in [0.4, 0.5) is 0 Å². The summed E-state index contributed by atoms with van der Waals surface area (Å²) in [5.74, 6) is 0.321. The lowest BCUT2D eigenvalue weighted by molar-refractivity contribution is -0.148. The third kappa shape index (κ3) is 2.44. The molecule has 0 aromatic heterocycles. The van der Waals surface area contributed by atoms with Crippen molar-refractivity contribution in [2.24, 2.45) is 17.3 Å². The summed E-state index contributed by atoms with van der Waals surface area (Å²) < 4.78 is 5.54. The third-order valence-electron chi connectivity index (χ3n) is 5.31. The zero-order valence-electron chi connectivity index (χ0n) is 13.0. The average molecular weight is 278 g/mol. The Balaban J connectivity index is 2.36. The minimum atomic E-state index is -0.385. The Labute approximate surface area is 121 Å². The minimum Gasteiger partial charge on any atom is -0.462 e. The molecule has 0 aromatic rings. The summed E-state index contributed by atoms with van der Waals surface area (Å²) in [6.07, 6.45) is 4.20. The Morgan fingerprint density at radius 3 is 2.65 bits per heavy atom. The maximum absolute atomic E-state index is 11.3. The number of aliphatic hydroxyl groups is 1. The second kappa shape index (κ2) is 5.36. The van der Waals surface area contributed by atoms with Crippen LogP contribution in [-0.4, -0.2) is 23.3 Å². The van der Waals surface area contributed by atoms with E-state index in [4.69, 9.17) is 4.74 Å². The van der Waals surface area contributed by atoms with E-state index in [0.29, 0.717) is 5.92 Å². The number of esters is 1. The van der Waals surface area contributed by atoms with E-state index in [1.54, 1.807) is 0 Å². The monoisotopic (exact) mass is 278 g/mol. The minimum absolute atomic E-state index is 0.0229. The number of ether oxygens (including phenoxy) is 1. The standard InChI is InChI=1S/C17H26O3/c1-10(2)16-15(20-13(5)18)8-12(4)17(16)7-6-11(3)14(19)9-17/h6,12,14-16,19H,1,7-9H2,2-5H3/t12-,14-,15+,16-,17-/m0/s1.